The summed E-state index contributed by atoms with van der Waals surface area (Å²) in [5.74, 6) is -0.726. The van der Waals surface area contributed by atoms with E-state index in [4.69, 9.17) is 15.6 Å². The zero-order valence-electron chi connectivity index (χ0n) is 18.3. The number of aliphatic hydroxyl groups is 2. The van der Waals surface area contributed by atoms with Crippen molar-refractivity contribution >= 4 is 23.7 Å². The number of carbonyl (C=O) groups excluding carboxylic acids is 2. The maximum atomic E-state index is 11.7. The first kappa shape index (κ1) is 28.4. The standard InChI is InChI=1S/C22H43NO5S/c1-2-3-4-5-6-7-8-9-10-11-12-13-14-15-21(26)28-22(27)20(23)18-29-17-19(25)16-24/h19-20,24-25H,2-18,23H2,1H3/t19?,20-/m0/s1. The molecule has 0 aliphatic carbocycles. The molecule has 0 aromatic carbocycles. The van der Waals surface area contributed by atoms with Crippen LogP contribution in [-0.4, -0.2) is 52.4 Å². The molecular weight excluding hydrogens is 390 g/mol. The van der Waals surface area contributed by atoms with Crippen LogP contribution < -0.4 is 5.73 Å². The molecule has 0 saturated carbocycles. The van der Waals surface area contributed by atoms with Crippen LogP contribution in [0.4, 0.5) is 0 Å². The van der Waals surface area contributed by atoms with Crippen LogP contribution in [0.25, 0.3) is 0 Å². The third-order valence-electron chi connectivity index (χ3n) is 4.82. The molecule has 0 bridgehead atoms. The lowest BCUT2D eigenvalue weighted by Gasteiger charge is -2.11. The van der Waals surface area contributed by atoms with Gasteiger partial charge in [-0.25, -0.2) is 4.79 Å². The fourth-order valence-electron chi connectivity index (χ4n) is 2.98. The maximum Gasteiger partial charge on any atom is 0.331 e. The Balaban J connectivity index is 3.47. The number of unbranched alkanes of at least 4 members (excludes halogenated alkanes) is 12. The molecule has 0 aliphatic rings. The summed E-state index contributed by atoms with van der Waals surface area (Å²) < 4.78 is 4.78. The molecule has 0 aromatic rings. The number of hydrogen-bond acceptors (Lipinski definition) is 7. The van der Waals surface area contributed by atoms with E-state index >= 15 is 0 Å². The molecule has 29 heavy (non-hydrogen) atoms. The second-order valence-corrected chi connectivity index (χ2v) is 8.84. The maximum absolute atomic E-state index is 11.7. The first-order valence-electron chi connectivity index (χ1n) is 11.4. The highest BCUT2D eigenvalue weighted by atomic mass is 32.2. The zero-order chi connectivity index (χ0) is 21.7. The molecule has 0 heterocycles. The van der Waals surface area contributed by atoms with E-state index in [1.807, 2.05) is 0 Å². The zero-order valence-corrected chi connectivity index (χ0v) is 19.1. The topological polar surface area (TPSA) is 110 Å². The van der Waals surface area contributed by atoms with E-state index in [1.165, 1.54) is 76.0 Å². The van der Waals surface area contributed by atoms with E-state index in [0.717, 1.165) is 19.3 Å². The van der Waals surface area contributed by atoms with Gasteiger partial charge >= 0.3 is 11.9 Å². The summed E-state index contributed by atoms with van der Waals surface area (Å²) in [6, 6.07) is -0.901. The van der Waals surface area contributed by atoms with Crippen molar-refractivity contribution in [2.45, 2.75) is 109 Å². The predicted molar refractivity (Wildman–Crippen MR) is 120 cm³/mol. The number of ether oxygens (including phenoxy) is 1. The van der Waals surface area contributed by atoms with Crippen molar-refractivity contribution in [2.24, 2.45) is 5.73 Å². The van der Waals surface area contributed by atoms with E-state index in [1.54, 1.807) is 0 Å². The monoisotopic (exact) mass is 433 g/mol. The summed E-state index contributed by atoms with van der Waals surface area (Å²) in [5, 5.41) is 17.9. The Morgan fingerprint density at radius 3 is 1.83 bits per heavy atom. The average molecular weight is 434 g/mol. The first-order valence-corrected chi connectivity index (χ1v) is 12.5. The number of carbonyl (C=O) groups is 2. The summed E-state index contributed by atoms with van der Waals surface area (Å²) >= 11 is 1.24. The van der Waals surface area contributed by atoms with Crippen LogP contribution >= 0.6 is 11.8 Å². The van der Waals surface area contributed by atoms with Gasteiger partial charge in [-0.1, -0.05) is 84.0 Å². The van der Waals surface area contributed by atoms with Crippen molar-refractivity contribution in [3.05, 3.63) is 0 Å². The minimum Gasteiger partial charge on any atom is -0.394 e. The molecule has 0 amide bonds. The fraction of sp³-hybridized carbons (Fsp3) is 0.909. The van der Waals surface area contributed by atoms with Crippen molar-refractivity contribution in [1.29, 1.82) is 0 Å². The minimum atomic E-state index is -0.901. The van der Waals surface area contributed by atoms with Crippen LogP contribution in [-0.2, 0) is 14.3 Å². The molecule has 0 rings (SSSR count). The number of thioether (sulfide) groups is 1. The quantitative estimate of drug-likeness (QED) is 0.151. The van der Waals surface area contributed by atoms with E-state index < -0.39 is 24.1 Å². The number of rotatable bonds is 20. The van der Waals surface area contributed by atoms with Gasteiger partial charge in [0.05, 0.1) is 12.7 Å². The van der Waals surface area contributed by atoms with Gasteiger partial charge in [-0.05, 0) is 6.42 Å². The molecule has 0 radical (unpaired) electrons. The molecule has 6 nitrogen and oxygen atoms in total. The van der Waals surface area contributed by atoms with E-state index in [0.29, 0.717) is 0 Å². The molecule has 172 valence electrons. The first-order chi connectivity index (χ1) is 14.0. The normalized spacial score (nSPS) is 13.2. The molecule has 0 aromatic heterocycles. The van der Waals surface area contributed by atoms with Crippen molar-refractivity contribution in [2.75, 3.05) is 18.1 Å². The van der Waals surface area contributed by atoms with Gasteiger partial charge in [0, 0.05) is 17.9 Å². The lowest BCUT2D eigenvalue weighted by molar-refractivity contribution is -0.160. The summed E-state index contributed by atoms with van der Waals surface area (Å²) in [5.41, 5.74) is 5.68. The van der Waals surface area contributed by atoms with Crippen molar-refractivity contribution in [3.63, 3.8) is 0 Å². The molecule has 0 aliphatic heterocycles. The molecular formula is C22H43NO5S. The molecule has 4 N–H and O–H groups in total. The van der Waals surface area contributed by atoms with Crippen molar-refractivity contribution in [1.82, 2.24) is 0 Å². The molecule has 1 unspecified atom stereocenters. The van der Waals surface area contributed by atoms with Gasteiger partial charge < -0.3 is 20.7 Å². The molecule has 0 spiro atoms. The Hall–Kier alpha value is -0.630. The molecule has 7 heteroatoms. The second kappa shape index (κ2) is 20.6. The smallest absolute Gasteiger partial charge is 0.331 e. The summed E-state index contributed by atoms with van der Waals surface area (Å²) in [7, 11) is 0. The third-order valence-corrected chi connectivity index (χ3v) is 6.04. The van der Waals surface area contributed by atoms with Crippen molar-refractivity contribution in [3.8, 4) is 0 Å². The SMILES string of the molecule is CCCCCCCCCCCCCCCC(=O)OC(=O)[C@@H](N)CSCC(O)CO. The highest BCUT2D eigenvalue weighted by Gasteiger charge is 2.19. The van der Waals surface area contributed by atoms with Crippen LogP contribution in [0.1, 0.15) is 96.8 Å². The average Bonchev–Trinajstić information content (AvgIpc) is 2.71. The summed E-state index contributed by atoms with van der Waals surface area (Å²) in [6.07, 6.45) is 15.5. The Bertz CT molecular complexity index is 409. The van der Waals surface area contributed by atoms with Gasteiger partial charge in [-0.3, -0.25) is 4.79 Å². The molecule has 0 saturated heterocycles. The summed E-state index contributed by atoms with van der Waals surface area (Å²) in [6.45, 7) is 1.92. The minimum absolute atomic E-state index is 0.238. The van der Waals surface area contributed by atoms with Crippen LogP contribution in [0.2, 0.25) is 0 Å². The Labute approximate surface area is 181 Å². The predicted octanol–water partition coefficient (Wildman–Crippen LogP) is 3.95. The lowest BCUT2D eigenvalue weighted by Crippen LogP contribution is -2.36. The third kappa shape index (κ3) is 19.1. The number of aliphatic hydroxyl groups excluding tert-OH is 2. The van der Waals surface area contributed by atoms with Gasteiger partial charge in [0.15, 0.2) is 0 Å². The second-order valence-electron chi connectivity index (χ2n) is 7.77. The Morgan fingerprint density at radius 1 is 0.862 bits per heavy atom. The van der Waals surface area contributed by atoms with Crippen LogP contribution in [0.15, 0.2) is 0 Å². The number of esters is 2. The number of hydrogen-bond donors (Lipinski definition) is 3. The van der Waals surface area contributed by atoms with Gasteiger partial charge in [0.2, 0.25) is 0 Å². The fourth-order valence-corrected chi connectivity index (χ4v) is 3.88. The van der Waals surface area contributed by atoms with E-state index in [2.05, 4.69) is 6.92 Å². The van der Waals surface area contributed by atoms with Crippen LogP contribution in [0.5, 0.6) is 0 Å². The van der Waals surface area contributed by atoms with Gasteiger partial charge in [-0.15, -0.1) is 0 Å². The Kier molecular flexibility index (Phi) is 20.2. The highest BCUT2D eigenvalue weighted by Crippen LogP contribution is 2.13. The van der Waals surface area contributed by atoms with Gasteiger partial charge in [-0.2, -0.15) is 11.8 Å². The lowest BCUT2D eigenvalue weighted by atomic mass is 10.0. The number of nitrogens with two attached hydrogens (primary N) is 1. The summed E-state index contributed by atoms with van der Waals surface area (Å²) in [4.78, 5) is 23.4. The highest BCUT2D eigenvalue weighted by molar-refractivity contribution is 7.99. The van der Waals surface area contributed by atoms with E-state index in [-0.39, 0.29) is 24.5 Å². The van der Waals surface area contributed by atoms with Gasteiger partial charge in [0.25, 0.3) is 0 Å². The Morgan fingerprint density at radius 2 is 1.34 bits per heavy atom. The molecule has 0 fully saturated rings. The molecule has 2 atom stereocenters. The van der Waals surface area contributed by atoms with Gasteiger partial charge in [0.1, 0.15) is 6.04 Å². The van der Waals surface area contributed by atoms with Crippen LogP contribution in [0, 0.1) is 0 Å². The largest absolute Gasteiger partial charge is 0.394 e. The van der Waals surface area contributed by atoms with Crippen molar-refractivity contribution < 1.29 is 24.5 Å². The van der Waals surface area contributed by atoms with E-state index in [9.17, 15) is 14.7 Å². The van der Waals surface area contributed by atoms with Crippen LogP contribution in [0.3, 0.4) is 0 Å².